The molecule has 2 atom stereocenters. The van der Waals surface area contributed by atoms with E-state index in [1.165, 1.54) is 0 Å². The maximum Gasteiger partial charge on any atom is 0.153 e. The Balaban J connectivity index is 1.54. The Bertz CT molecular complexity index is 853. The van der Waals surface area contributed by atoms with E-state index in [1.807, 2.05) is 22.9 Å². The SMILES string of the molecule is CCn1cnnc1CN1CCN(Cc2cccnc2)[C@@H]2CS(=O)(=O)C[C@@H]21. The highest BCUT2D eigenvalue weighted by Crippen LogP contribution is 2.29. The van der Waals surface area contributed by atoms with Gasteiger partial charge < -0.3 is 4.57 Å². The van der Waals surface area contributed by atoms with E-state index in [0.717, 1.165) is 37.6 Å². The Morgan fingerprint density at radius 3 is 2.54 bits per heavy atom. The number of rotatable bonds is 5. The van der Waals surface area contributed by atoms with Gasteiger partial charge in [-0.15, -0.1) is 10.2 Å². The van der Waals surface area contributed by atoms with Gasteiger partial charge in [0.25, 0.3) is 0 Å². The predicted molar refractivity (Wildman–Crippen MR) is 97.0 cm³/mol. The average Bonchev–Trinajstić information content (AvgIpc) is 3.21. The fourth-order valence-corrected chi connectivity index (χ4v) is 6.11. The molecule has 140 valence electrons. The van der Waals surface area contributed by atoms with Crippen molar-refractivity contribution in [3.63, 3.8) is 0 Å². The normalized spacial score (nSPS) is 26.0. The van der Waals surface area contributed by atoms with Crippen molar-refractivity contribution < 1.29 is 8.42 Å². The van der Waals surface area contributed by atoms with Crippen molar-refractivity contribution in [1.82, 2.24) is 29.5 Å². The largest absolute Gasteiger partial charge is 0.317 e. The molecule has 4 heterocycles. The summed E-state index contributed by atoms with van der Waals surface area (Å²) < 4.78 is 26.7. The van der Waals surface area contributed by atoms with Gasteiger partial charge in [-0.2, -0.15) is 0 Å². The lowest BCUT2D eigenvalue weighted by Crippen LogP contribution is -2.58. The maximum absolute atomic E-state index is 12.4. The highest BCUT2D eigenvalue weighted by molar-refractivity contribution is 7.91. The summed E-state index contributed by atoms with van der Waals surface area (Å²) in [5.74, 6) is 1.35. The molecular weight excluding hydrogens is 352 g/mol. The minimum Gasteiger partial charge on any atom is -0.317 e. The van der Waals surface area contributed by atoms with E-state index in [-0.39, 0.29) is 23.6 Å². The van der Waals surface area contributed by atoms with Gasteiger partial charge in [-0.05, 0) is 18.6 Å². The molecule has 2 fully saturated rings. The van der Waals surface area contributed by atoms with Crippen LogP contribution in [0.25, 0.3) is 0 Å². The lowest BCUT2D eigenvalue weighted by molar-refractivity contribution is 0.0333. The van der Waals surface area contributed by atoms with Gasteiger partial charge in [0.15, 0.2) is 9.84 Å². The number of piperazine rings is 1. The molecule has 0 amide bonds. The van der Waals surface area contributed by atoms with Crippen LogP contribution in [0, 0.1) is 0 Å². The first-order chi connectivity index (χ1) is 12.6. The number of hydrogen-bond donors (Lipinski definition) is 0. The smallest absolute Gasteiger partial charge is 0.153 e. The summed E-state index contributed by atoms with van der Waals surface area (Å²) in [6, 6.07) is 3.99. The Morgan fingerprint density at radius 2 is 1.88 bits per heavy atom. The fourth-order valence-electron chi connectivity index (χ4n) is 4.06. The molecule has 0 N–H and O–H groups in total. The molecule has 0 aliphatic carbocycles. The Morgan fingerprint density at radius 1 is 1.15 bits per heavy atom. The number of hydrogen-bond acceptors (Lipinski definition) is 7. The molecule has 8 nitrogen and oxygen atoms in total. The van der Waals surface area contributed by atoms with Crippen LogP contribution in [0.4, 0.5) is 0 Å². The van der Waals surface area contributed by atoms with Crippen LogP contribution >= 0.6 is 0 Å². The summed E-state index contributed by atoms with van der Waals surface area (Å²) >= 11 is 0. The zero-order valence-electron chi connectivity index (χ0n) is 14.9. The quantitative estimate of drug-likeness (QED) is 0.736. The molecule has 9 heteroatoms. The Hall–Kier alpha value is -1.84. The molecule has 2 saturated heterocycles. The van der Waals surface area contributed by atoms with Gasteiger partial charge in [0.2, 0.25) is 0 Å². The summed E-state index contributed by atoms with van der Waals surface area (Å²) in [5.41, 5.74) is 1.12. The molecule has 2 aliphatic rings. The maximum atomic E-state index is 12.4. The van der Waals surface area contributed by atoms with Crippen molar-refractivity contribution in [2.75, 3.05) is 24.6 Å². The monoisotopic (exact) mass is 376 g/mol. The zero-order chi connectivity index (χ0) is 18.1. The summed E-state index contributed by atoms with van der Waals surface area (Å²) in [6.45, 7) is 5.92. The lowest BCUT2D eigenvalue weighted by atomic mass is 10.0. The standard InChI is InChI=1S/C17H24N6O2S/c1-2-21-13-19-20-17(21)10-23-7-6-22(9-14-4-3-5-18-8-14)15-11-26(24,25)12-16(15)23/h3-5,8,13,15-16H,2,6-7,9-12H2,1H3/t15-,16+/m1/s1. The van der Waals surface area contributed by atoms with E-state index in [4.69, 9.17) is 0 Å². The minimum absolute atomic E-state index is 0.00688. The Kier molecular flexibility index (Phi) is 4.76. The first-order valence-corrected chi connectivity index (χ1v) is 10.8. The van der Waals surface area contributed by atoms with Gasteiger partial charge >= 0.3 is 0 Å². The summed E-state index contributed by atoms with van der Waals surface area (Å²) in [4.78, 5) is 8.74. The second-order valence-corrected chi connectivity index (χ2v) is 9.20. The summed E-state index contributed by atoms with van der Waals surface area (Å²) in [5, 5.41) is 8.21. The van der Waals surface area contributed by atoms with Crippen molar-refractivity contribution in [2.45, 2.75) is 38.6 Å². The topological polar surface area (TPSA) is 84.2 Å². The van der Waals surface area contributed by atoms with E-state index in [9.17, 15) is 8.42 Å². The summed E-state index contributed by atoms with van der Waals surface area (Å²) in [7, 11) is -3.02. The average molecular weight is 376 g/mol. The van der Waals surface area contributed by atoms with Crippen molar-refractivity contribution in [3.8, 4) is 0 Å². The zero-order valence-corrected chi connectivity index (χ0v) is 15.7. The van der Waals surface area contributed by atoms with Gasteiger partial charge in [-0.3, -0.25) is 14.8 Å². The molecule has 0 bridgehead atoms. The highest BCUT2D eigenvalue weighted by atomic mass is 32.2. The summed E-state index contributed by atoms with van der Waals surface area (Å²) in [6.07, 6.45) is 5.35. The first-order valence-electron chi connectivity index (χ1n) is 9.00. The van der Waals surface area contributed by atoms with Crippen LogP contribution in [0.5, 0.6) is 0 Å². The van der Waals surface area contributed by atoms with E-state index < -0.39 is 9.84 Å². The number of aryl methyl sites for hydroxylation is 1. The van der Waals surface area contributed by atoms with Gasteiger partial charge in [0, 0.05) is 50.7 Å². The molecule has 0 saturated carbocycles. The van der Waals surface area contributed by atoms with Crippen LogP contribution in [-0.2, 0) is 29.5 Å². The van der Waals surface area contributed by atoms with Crippen LogP contribution in [0.15, 0.2) is 30.9 Å². The number of sulfone groups is 1. The van der Waals surface area contributed by atoms with Gasteiger partial charge in [-0.1, -0.05) is 6.07 Å². The minimum atomic E-state index is -3.02. The van der Waals surface area contributed by atoms with Crippen LogP contribution in [0.1, 0.15) is 18.3 Å². The van der Waals surface area contributed by atoms with Crippen LogP contribution in [-0.4, -0.2) is 74.6 Å². The molecule has 0 radical (unpaired) electrons. The third-order valence-corrected chi connectivity index (χ3v) is 7.09. The van der Waals surface area contributed by atoms with E-state index in [0.29, 0.717) is 6.54 Å². The molecule has 26 heavy (non-hydrogen) atoms. The van der Waals surface area contributed by atoms with Gasteiger partial charge in [0.05, 0.1) is 18.1 Å². The van der Waals surface area contributed by atoms with E-state index in [2.05, 4.69) is 31.9 Å². The van der Waals surface area contributed by atoms with Gasteiger partial charge in [0.1, 0.15) is 12.2 Å². The van der Waals surface area contributed by atoms with Gasteiger partial charge in [-0.25, -0.2) is 8.42 Å². The third-order valence-electron chi connectivity index (χ3n) is 5.40. The van der Waals surface area contributed by atoms with Crippen LogP contribution < -0.4 is 0 Å². The molecule has 0 spiro atoms. The molecule has 2 aromatic rings. The van der Waals surface area contributed by atoms with Crippen molar-refractivity contribution in [2.24, 2.45) is 0 Å². The predicted octanol–water partition coefficient (Wildman–Crippen LogP) is 0.176. The molecule has 4 rings (SSSR count). The van der Waals surface area contributed by atoms with Crippen molar-refractivity contribution >= 4 is 9.84 Å². The number of fused-ring (bicyclic) bond motifs is 1. The molecule has 2 aliphatic heterocycles. The van der Waals surface area contributed by atoms with Crippen molar-refractivity contribution in [1.29, 1.82) is 0 Å². The second-order valence-electron chi connectivity index (χ2n) is 7.05. The van der Waals surface area contributed by atoms with E-state index in [1.54, 1.807) is 12.5 Å². The fraction of sp³-hybridized carbons (Fsp3) is 0.588. The molecule has 2 aromatic heterocycles. The molecular formula is C17H24N6O2S. The molecule has 0 unspecified atom stereocenters. The molecule has 0 aromatic carbocycles. The number of pyridine rings is 1. The third kappa shape index (κ3) is 3.51. The number of aromatic nitrogens is 4. The highest BCUT2D eigenvalue weighted by Gasteiger charge is 2.46. The number of nitrogens with zero attached hydrogens (tertiary/aromatic N) is 6. The lowest BCUT2D eigenvalue weighted by Gasteiger charge is -2.43. The van der Waals surface area contributed by atoms with Crippen LogP contribution in [0.2, 0.25) is 0 Å². The van der Waals surface area contributed by atoms with E-state index >= 15 is 0 Å². The second kappa shape index (κ2) is 7.05. The Labute approximate surface area is 153 Å². The first kappa shape index (κ1) is 17.6. The van der Waals surface area contributed by atoms with Crippen molar-refractivity contribution in [3.05, 3.63) is 42.2 Å². The van der Waals surface area contributed by atoms with Crippen LogP contribution in [0.3, 0.4) is 0 Å².